The zero-order valence-electron chi connectivity index (χ0n) is 15.6. The average molecular weight is 367 g/mol. The van der Waals surface area contributed by atoms with Crippen molar-refractivity contribution >= 4 is 22.6 Å². The normalized spacial score (nSPS) is 13.1. The molecule has 1 aliphatic heterocycles. The maximum absolute atomic E-state index is 12.9. The van der Waals surface area contributed by atoms with Gasteiger partial charge in [-0.3, -0.25) is 9.36 Å². The number of hydrogen-bond acceptors (Lipinski definition) is 2. The summed E-state index contributed by atoms with van der Waals surface area (Å²) in [4.78, 5) is 19.7. The number of nitrogens with zero attached hydrogens (tertiary/aromatic N) is 3. The van der Waals surface area contributed by atoms with Crippen LogP contribution in [0.2, 0.25) is 0 Å². The number of carbonyl (C=O) groups excluding carboxylic acids is 1. The molecule has 1 aromatic heterocycles. The highest BCUT2D eigenvalue weighted by molar-refractivity contribution is 5.95. The Bertz CT molecular complexity index is 1150. The monoisotopic (exact) mass is 367 g/mol. The molecule has 0 saturated carbocycles. The minimum absolute atomic E-state index is 0.164. The highest BCUT2D eigenvalue weighted by Crippen LogP contribution is 2.28. The molecule has 0 spiro atoms. The SMILES string of the molecule is O=C(CCc1nc2ccccc2n1-c1ccccc1)N1CCc2ccccc21. The summed E-state index contributed by atoms with van der Waals surface area (Å²) in [5, 5.41) is 0. The predicted molar refractivity (Wildman–Crippen MR) is 112 cm³/mol. The lowest BCUT2D eigenvalue weighted by Crippen LogP contribution is -2.29. The summed E-state index contributed by atoms with van der Waals surface area (Å²) in [6, 6.07) is 26.5. The second-order valence-electron chi connectivity index (χ2n) is 7.11. The minimum Gasteiger partial charge on any atom is -0.312 e. The van der Waals surface area contributed by atoms with Crippen LogP contribution in [0.25, 0.3) is 16.7 Å². The zero-order chi connectivity index (χ0) is 18.9. The fraction of sp³-hybridized carbons (Fsp3) is 0.167. The van der Waals surface area contributed by atoms with Gasteiger partial charge in [0.05, 0.1) is 11.0 Å². The van der Waals surface area contributed by atoms with Gasteiger partial charge in [0.15, 0.2) is 0 Å². The van der Waals surface area contributed by atoms with E-state index in [4.69, 9.17) is 4.98 Å². The van der Waals surface area contributed by atoms with E-state index in [-0.39, 0.29) is 5.91 Å². The highest BCUT2D eigenvalue weighted by atomic mass is 16.2. The van der Waals surface area contributed by atoms with Crippen molar-refractivity contribution in [1.82, 2.24) is 9.55 Å². The van der Waals surface area contributed by atoms with Crippen molar-refractivity contribution in [3.63, 3.8) is 0 Å². The van der Waals surface area contributed by atoms with E-state index in [1.165, 1.54) is 5.56 Å². The highest BCUT2D eigenvalue weighted by Gasteiger charge is 2.24. The number of para-hydroxylation sites is 4. The zero-order valence-corrected chi connectivity index (χ0v) is 15.6. The van der Waals surface area contributed by atoms with Crippen molar-refractivity contribution in [2.75, 3.05) is 11.4 Å². The van der Waals surface area contributed by atoms with E-state index >= 15 is 0 Å². The molecule has 0 fully saturated rings. The molecule has 0 saturated heterocycles. The van der Waals surface area contributed by atoms with Gasteiger partial charge in [-0.05, 0) is 42.3 Å². The van der Waals surface area contributed by atoms with Gasteiger partial charge in [-0.25, -0.2) is 4.98 Å². The van der Waals surface area contributed by atoms with E-state index in [9.17, 15) is 4.79 Å². The first-order chi connectivity index (χ1) is 13.8. The number of rotatable bonds is 4. The van der Waals surface area contributed by atoms with Gasteiger partial charge in [0, 0.05) is 30.8 Å². The number of fused-ring (bicyclic) bond motifs is 2. The second kappa shape index (κ2) is 6.97. The fourth-order valence-corrected chi connectivity index (χ4v) is 4.06. The van der Waals surface area contributed by atoms with E-state index in [1.54, 1.807) is 0 Å². The van der Waals surface area contributed by atoms with Crippen molar-refractivity contribution in [2.24, 2.45) is 0 Å². The standard InChI is InChI=1S/C24H21N3O/c28-24(26-17-16-18-8-4-6-12-21(18)26)15-14-23-25-20-11-5-7-13-22(20)27(23)19-9-2-1-3-10-19/h1-13H,14-17H2. The number of hydrogen-bond donors (Lipinski definition) is 0. The van der Waals surface area contributed by atoms with Crippen LogP contribution in [0, 0.1) is 0 Å². The third-order valence-corrected chi connectivity index (χ3v) is 5.40. The number of aryl methyl sites for hydroxylation is 1. The van der Waals surface area contributed by atoms with Gasteiger partial charge in [0.25, 0.3) is 0 Å². The molecule has 0 unspecified atom stereocenters. The smallest absolute Gasteiger partial charge is 0.227 e. The summed E-state index contributed by atoms with van der Waals surface area (Å²) in [6.45, 7) is 0.771. The lowest BCUT2D eigenvalue weighted by Gasteiger charge is -2.17. The van der Waals surface area contributed by atoms with E-state index < -0.39 is 0 Å². The Hall–Kier alpha value is -3.40. The molecule has 3 aromatic carbocycles. The van der Waals surface area contributed by atoms with Crippen molar-refractivity contribution in [3.05, 3.63) is 90.3 Å². The molecule has 0 aliphatic carbocycles. The topological polar surface area (TPSA) is 38.1 Å². The maximum Gasteiger partial charge on any atom is 0.227 e. The molecule has 4 heteroatoms. The molecule has 2 heterocycles. The van der Waals surface area contributed by atoms with Crippen molar-refractivity contribution in [3.8, 4) is 5.69 Å². The van der Waals surface area contributed by atoms with Crippen LogP contribution < -0.4 is 4.90 Å². The van der Waals surface area contributed by atoms with Crippen LogP contribution in [0.4, 0.5) is 5.69 Å². The fourth-order valence-electron chi connectivity index (χ4n) is 4.06. The van der Waals surface area contributed by atoms with Gasteiger partial charge in [-0.2, -0.15) is 0 Å². The van der Waals surface area contributed by atoms with Gasteiger partial charge in [0.1, 0.15) is 5.82 Å². The first-order valence-electron chi connectivity index (χ1n) is 9.71. The molecule has 4 nitrogen and oxygen atoms in total. The molecule has 1 amide bonds. The summed E-state index contributed by atoms with van der Waals surface area (Å²) in [5.74, 6) is 1.09. The van der Waals surface area contributed by atoms with Gasteiger partial charge < -0.3 is 4.90 Å². The van der Waals surface area contributed by atoms with Crippen molar-refractivity contribution in [1.29, 1.82) is 0 Å². The summed E-state index contributed by atoms with van der Waals surface area (Å²) < 4.78 is 2.17. The van der Waals surface area contributed by atoms with Crippen LogP contribution in [0.1, 0.15) is 17.8 Å². The first kappa shape index (κ1) is 16.8. The lowest BCUT2D eigenvalue weighted by molar-refractivity contribution is -0.118. The number of imidazole rings is 1. The Balaban J connectivity index is 1.44. The Morgan fingerprint density at radius 1 is 0.893 bits per heavy atom. The number of anilines is 1. The van der Waals surface area contributed by atoms with Gasteiger partial charge in [0.2, 0.25) is 5.91 Å². The van der Waals surface area contributed by atoms with E-state index in [2.05, 4.69) is 28.8 Å². The summed E-state index contributed by atoms with van der Waals surface area (Å²) in [5.41, 5.74) is 5.42. The Morgan fingerprint density at radius 3 is 2.54 bits per heavy atom. The number of carbonyl (C=O) groups is 1. The molecule has 138 valence electrons. The minimum atomic E-state index is 0.164. The predicted octanol–water partition coefficient (Wildman–Crippen LogP) is 4.55. The number of benzene rings is 3. The van der Waals surface area contributed by atoms with Gasteiger partial charge >= 0.3 is 0 Å². The molecule has 0 N–H and O–H groups in total. The second-order valence-corrected chi connectivity index (χ2v) is 7.11. The van der Waals surface area contributed by atoms with Crippen molar-refractivity contribution in [2.45, 2.75) is 19.3 Å². The third kappa shape index (κ3) is 2.87. The molecule has 1 aliphatic rings. The van der Waals surface area contributed by atoms with Crippen LogP contribution in [0.15, 0.2) is 78.9 Å². The van der Waals surface area contributed by atoms with Crippen LogP contribution in [0.3, 0.4) is 0 Å². The number of aromatic nitrogens is 2. The molecule has 0 atom stereocenters. The Kier molecular flexibility index (Phi) is 4.17. The molecule has 28 heavy (non-hydrogen) atoms. The van der Waals surface area contributed by atoms with Crippen molar-refractivity contribution < 1.29 is 4.79 Å². The molecule has 0 radical (unpaired) electrons. The molecular weight excluding hydrogens is 346 g/mol. The van der Waals surface area contributed by atoms with Crippen LogP contribution in [-0.2, 0) is 17.6 Å². The maximum atomic E-state index is 12.9. The first-order valence-corrected chi connectivity index (χ1v) is 9.71. The van der Waals surface area contributed by atoms with Gasteiger partial charge in [-0.15, -0.1) is 0 Å². The van der Waals surface area contributed by atoms with Crippen LogP contribution in [-0.4, -0.2) is 22.0 Å². The Labute approximate surface area is 164 Å². The third-order valence-electron chi connectivity index (χ3n) is 5.40. The quantitative estimate of drug-likeness (QED) is 0.531. The van der Waals surface area contributed by atoms with Crippen LogP contribution in [0.5, 0.6) is 0 Å². The summed E-state index contributed by atoms with van der Waals surface area (Å²) >= 11 is 0. The molecule has 4 aromatic rings. The van der Waals surface area contributed by atoms with E-state index in [1.807, 2.05) is 59.5 Å². The average Bonchev–Trinajstić information content (AvgIpc) is 3.34. The van der Waals surface area contributed by atoms with Crippen LogP contribution >= 0.6 is 0 Å². The summed E-state index contributed by atoms with van der Waals surface area (Å²) in [7, 11) is 0. The largest absolute Gasteiger partial charge is 0.312 e. The van der Waals surface area contributed by atoms with E-state index in [0.29, 0.717) is 12.8 Å². The molecule has 5 rings (SSSR count). The lowest BCUT2D eigenvalue weighted by atomic mass is 10.2. The Morgan fingerprint density at radius 2 is 1.64 bits per heavy atom. The molecule has 0 bridgehead atoms. The van der Waals surface area contributed by atoms with E-state index in [0.717, 1.165) is 41.2 Å². The molecular formula is C24H21N3O. The number of amides is 1. The summed E-state index contributed by atoms with van der Waals surface area (Å²) in [6.07, 6.45) is 2.00. The van der Waals surface area contributed by atoms with Gasteiger partial charge in [-0.1, -0.05) is 48.5 Å².